The molecule has 186 valence electrons. The van der Waals surface area contributed by atoms with Gasteiger partial charge in [0.2, 0.25) is 5.95 Å². The van der Waals surface area contributed by atoms with Crippen LogP contribution in [0.2, 0.25) is 5.02 Å². The first-order valence-corrected chi connectivity index (χ1v) is 12.0. The Morgan fingerprint density at radius 3 is 2.78 bits per heavy atom. The Morgan fingerprint density at radius 2 is 1.97 bits per heavy atom. The molecule has 9 nitrogen and oxygen atoms in total. The molecule has 1 saturated heterocycles. The number of anilines is 2. The zero-order chi connectivity index (χ0) is 25.1. The molecule has 1 aliphatic rings. The van der Waals surface area contributed by atoms with Crippen molar-refractivity contribution in [1.29, 1.82) is 0 Å². The van der Waals surface area contributed by atoms with Gasteiger partial charge in [-0.2, -0.15) is 0 Å². The standard InChI is InChI=1S/C26H27ClN6O3/c1-33-24-8-7-20(12-22(24)32-26(33)31-17-5-3-16(27)4-6-17)36-21-9-10-28-23(13-21)25(34)30-18-11-19(15-35-2)29-14-18/h3-10,12-13,18-19,29H,11,14-15H2,1-2H3,(H,30,34)(H,31,32). The van der Waals surface area contributed by atoms with Crippen molar-refractivity contribution in [2.75, 3.05) is 25.6 Å². The minimum atomic E-state index is -0.233. The van der Waals surface area contributed by atoms with Crippen LogP contribution in [0.1, 0.15) is 16.9 Å². The van der Waals surface area contributed by atoms with E-state index in [1.165, 1.54) is 0 Å². The summed E-state index contributed by atoms with van der Waals surface area (Å²) in [5, 5.41) is 10.4. The fourth-order valence-electron chi connectivity index (χ4n) is 4.27. The van der Waals surface area contributed by atoms with Crippen molar-refractivity contribution in [3.05, 3.63) is 71.5 Å². The third-order valence-corrected chi connectivity index (χ3v) is 6.33. The second kappa shape index (κ2) is 10.5. The van der Waals surface area contributed by atoms with Crippen LogP contribution in [0.3, 0.4) is 0 Å². The highest BCUT2D eigenvalue weighted by Crippen LogP contribution is 2.28. The molecular weight excluding hydrogens is 480 g/mol. The van der Waals surface area contributed by atoms with Gasteiger partial charge >= 0.3 is 0 Å². The minimum absolute atomic E-state index is 0.0336. The molecule has 0 spiro atoms. The van der Waals surface area contributed by atoms with Gasteiger partial charge in [0.15, 0.2) is 0 Å². The second-order valence-corrected chi connectivity index (χ2v) is 9.16. The first-order chi connectivity index (χ1) is 17.5. The maximum absolute atomic E-state index is 12.7. The van der Waals surface area contributed by atoms with E-state index in [0.717, 1.165) is 23.1 Å². The normalized spacial score (nSPS) is 17.3. The number of carbonyl (C=O) groups is 1. The lowest BCUT2D eigenvalue weighted by atomic mass is 10.2. The van der Waals surface area contributed by atoms with Crippen LogP contribution in [0, 0.1) is 0 Å². The molecular formula is C26H27ClN6O3. The number of benzene rings is 2. The van der Waals surface area contributed by atoms with Crippen LogP contribution in [-0.2, 0) is 11.8 Å². The van der Waals surface area contributed by atoms with Crippen LogP contribution in [-0.4, -0.2) is 52.8 Å². The first-order valence-electron chi connectivity index (χ1n) is 11.6. The van der Waals surface area contributed by atoms with E-state index in [4.69, 9.17) is 26.1 Å². The Hall–Kier alpha value is -3.66. The summed E-state index contributed by atoms with van der Waals surface area (Å²) in [6.45, 7) is 1.32. The summed E-state index contributed by atoms with van der Waals surface area (Å²) in [5.41, 5.74) is 2.92. The highest BCUT2D eigenvalue weighted by atomic mass is 35.5. The monoisotopic (exact) mass is 506 g/mol. The molecule has 4 aromatic rings. The minimum Gasteiger partial charge on any atom is -0.457 e. The average molecular weight is 507 g/mol. The van der Waals surface area contributed by atoms with Crippen molar-refractivity contribution in [2.45, 2.75) is 18.5 Å². The number of ether oxygens (including phenoxy) is 2. The van der Waals surface area contributed by atoms with Gasteiger partial charge in [0.25, 0.3) is 5.91 Å². The Bertz CT molecular complexity index is 1370. The van der Waals surface area contributed by atoms with E-state index in [9.17, 15) is 4.79 Å². The van der Waals surface area contributed by atoms with Gasteiger partial charge in [-0.25, -0.2) is 4.98 Å². The smallest absolute Gasteiger partial charge is 0.270 e. The second-order valence-electron chi connectivity index (χ2n) is 8.72. The SMILES string of the molecule is COCC1CC(NC(=O)c2cc(Oc3ccc4c(c3)nc(Nc3ccc(Cl)cc3)n4C)ccn2)CN1. The van der Waals surface area contributed by atoms with Gasteiger partial charge in [-0.1, -0.05) is 11.6 Å². The highest BCUT2D eigenvalue weighted by Gasteiger charge is 2.25. The van der Waals surface area contributed by atoms with Crippen molar-refractivity contribution in [3.8, 4) is 11.5 Å². The Morgan fingerprint density at radius 1 is 1.17 bits per heavy atom. The number of hydrogen-bond donors (Lipinski definition) is 3. The zero-order valence-electron chi connectivity index (χ0n) is 20.0. The third-order valence-electron chi connectivity index (χ3n) is 6.08. The molecule has 10 heteroatoms. The van der Waals surface area contributed by atoms with Gasteiger partial charge in [-0.05, 0) is 48.9 Å². The van der Waals surface area contributed by atoms with E-state index in [0.29, 0.717) is 41.3 Å². The quantitative estimate of drug-likeness (QED) is 0.328. The van der Waals surface area contributed by atoms with Crippen LogP contribution < -0.4 is 20.7 Å². The van der Waals surface area contributed by atoms with E-state index < -0.39 is 0 Å². The van der Waals surface area contributed by atoms with E-state index in [1.54, 1.807) is 25.4 Å². The number of aryl methyl sites for hydroxylation is 1. The molecule has 1 aliphatic heterocycles. The molecule has 1 fully saturated rings. The lowest BCUT2D eigenvalue weighted by Crippen LogP contribution is -2.36. The van der Waals surface area contributed by atoms with E-state index in [2.05, 4.69) is 20.9 Å². The molecule has 3 N–H and O–H groups in total. The molecule has 2 aromatic carbocycles. The summed E-state index contributed by atoms with van der Waals surface area (Å²) in [5.74, 6) is 1.59. The Labute approximate surface area is 213 Å². The largest absolute Gasteiger partial charge is 0.457 e. The summed E-state index contributed by atoms with van der Waals surface area (Å²) in [6, 6.07) is 16.8. The molecule has 2 atom stereocenters. The predicted octanol–water partition coefficient (Wildman–Crippen LogP) is 4.26. The number of nitrogens with one attached hydrogen (secondary N) is 3. The summed E-state index contributed by atoms with van der Waals surface area (Å²) in [6.07, 6.45) is 2.38. The third kappa shape index (κ3) is 5.43. The van der Waals surface area contributed by atoms with Crippen LogP contribution >= 0.6 is 11.6 Å². The van der Waals surface area contributed by atoms with Crippen molar-refractivity contribution in [1.82, 2.24) is 25.2 Å². The lowest BCUT2D eigenvalue weighted by molar-refractivity contribution is 0.0933. The predicted molar refractivity (Wildman–Crippen MR) is 139 cm³/mol. The lowest BCUT2D eigenvalue weighted by Gasteiger charge is -2.12. The number of halogens is 1. The fraction of sp³-hybridized carbons (Fsp3) is 0.269. The van der Waals surface area contributed by atoms with E-state index in [-0.39, 0.29) is 18.0 Å². The number of carbonyl (C=O) groups excluding carboxylic acids is 1. The number of imidazole rings is 1. The van der Waals surface area contributed by atoms with Crippen LogP contribution in [0.5, 0.6) is 11.5 Å². The Kier molecular flexibility index (Phi) is 7.04. The topological polar surface area (TPSA) is 102 Å². The summed E-state index contributed by atoms with van der Waals surface area (Å²) >= 11 is 5.98. The van der Waals surface area contributed by atoms with E-state index >= 15 is 0 Å². The van der Waals surface area contributed by atoms with Gasteiger partial charge in [-0.3, -0.25) is 9.78 Å². The van der Waals surface area contributed by atoms with Gasteiger partial charge in [0, 0.05) is 61.8 Å². The number of aromatic nitrogens is 3. The van der Waals surface area contributed by atoms with Crippen LogP contribution in [0.25, 0.3) is 11.0 Å². The average Bonchev–Trinajstić information content (AvgIpc) is 3.44. The molecule has 5 rings (SSSR count). The summed E-state index contributed by atoms with van der Waals surface area (Å²) < 4.78 is 13.2. The van der Waals surface area contributed by atoms with Gasteiger partial charge in [0.1, 0.15) is 17.2 Å². The number of rotatable bonds is 8. The van der Waals surface area contributed by atoms with Crippen molar-refractivity contribution < 1.29 is 14.3 Å². The van der Waals surface area contributed by atoms with Crippen molar-refractivity contribution in [3.63, 3.8) is 0 Å². The zero-order valence-corrected chi connectivity index (χ0v) is 20.7. The fourth-order valence-corrected chi connectivity index (χ4v) is 4.39. The summed E-state index contributed by atoms with van der Waals surface area (Å²) in [4.78, 5) is 21.7. The molecule has 0 saturated carbocycles. The molecule has 0 radical (unpaired) electrons. The Balaban J connectivity index is 1.27. The maximum atomic E-state index is 12.7. The number of nitrogens with zero attached hydrogens (tertiary/aromatic N) is 3. The molecule has 2 unspecified atom stereocenters. The number of hydrogen-bond acceptors (Lipinski definition) is 7. The number of amides is 1. The van der Waals surface area contributed by atoms with Crippen LogP contribution in [0.15, 0.2) is 60.8 Å². The molecule has 3 heterocycles. The first kappa shape index (κ1) is 24.1. The molecule has 0 bridgehead atoms. The van der Waals surface area contributed by atoms with Crippen molar-refractivity contribution in [2.24, 2.45) is 7.05 Å². The number of fused-ring (bicyclic) bond motifs is 1. The number of pyridine rings is 1. The van der Waals surface area contributed by atoms with Crippen molar-refractivity contribution >= 4 is 40.2 Å². The van der Waals surface area contributed by atoms with E-state index in [1.807, 2.05) is 54.1 Å². The number of methoxy groups -OCH3 is 1. The van der Waals surface area contributed by atoms with Crippen LogP contribution in [0.4, 0.5) is 11.6 Å². The molecule has 0 aliphatic carbocycles. The molecule has 2 aromatic heterocycles. The summed E-state index contributed by atoms with van der Waals surface area (Å²) in [7, 11) is 3.62. The highest BCUT2D eigenvalue weighted by molar-refractivity contribution is 6.30. The molecule has 36 heavy (non-hydrogen) atoms. The van der Waals surface area contributed by atoms with Gasteiger partial charge < -0.3 is 30.0 Å². The molecule has 1 amide bonds. The maximum Gasteiger partial charge on any atom is 0.270 e. The van der Waals surface area contributed by atoms with Gasteiger partial charge in [0.05, 0.1) is 17.6 Å². The van der Waals surface area contributed by atoms with Gasteiger partial charge in [-0.15, -0.1) is 0 Å².